The lowest BCUT2D eigenvalue weighted by molar-refractivity contribution is -0.383. The normalized spacial score (nSPS) is 20.6. The maximum absolute atomic E-state index is 11.1. The van der Waals surface area contributed by atoms with Crippen molar-refractivity contribution in [1.29, 1.82) is 0 Å². The van der Waals surface area contributed by atoms with Gasteiger partial charge in [0.25, 0.3) is 5.69 Å². The molecular formula is C12H15BBrNO4. The molecule has 1 aromatic rings. The van der Waals surface area contributed by atoms with Crippen molar-refractivity contribution in [2.45, 2.75) is 38.9 Å². The second-order valence-electron chi connectivity index (χ2n) is 5.55. The Morgan fingerprint density at radius 3 is 2.21 bits per heavy atom. The van der Waals surface area contributed by atoms with Gasteiger partial charge in [0, 0.05) is 10.5 Å². The lowest BCUT2D eigenvalue weighted by atomic mass is 9.78. The summed E-state index contributed by atoms with van der Waals surface area (Å²) in [6.07, 6.45) is 0. The minimum Gasteiger partial charge on any atom is -0.399 e. The average Bonchev–Trinajstić information content (AvgIpc) is 2.47. The molecule has 1 aliphatic rings. The molecule has 0 N–H and O–H groups in total. The molecule has 0 atom stereocenters. The Kier molecular flexibility index (Phi) is 3.49. The van der Waals surface area contributed by atoms with Gasteiger partial charge in [-0.25, -0.2) is 0 Å². The van der Waals surface area contributed by atoms with E-state index in [9.17, 15) is 10.1 Å². The van der Waals surface area contributed by atoms with E-state index in [0.29, 0.717) is 5.46 Å². The fourth-order valence-corrected chi connectivity index (χ4v) is 2.23. The van der Waals surface area contributed by atoms with Crippen LogP contribution in [0.25, 0.3) is 0 Å². The first-order chi connectivity index (χ1) is 8.64. The van der Waals surface area contributed by atoms with E-state index in [4.69, 9.17) is 9.31 Å². The van der Waals surface area contributed by atoms with Gasteiger partial charge in [-0.2, -0.15) is 0 Å². The molecule has 0 unspecified atom stereocenters. The molecule has 1 aliphatic heterocycles. The minimum absolute atomic E-state index is 0.00157. The molecule has 5 nitrogen and oxygen atoms in total. The Balaban J connectivity index is 2.44. The Morgan fingerprint density at radius 2 is 1.74 bits per heavy atom. The minimum atomic E-state index is -0.733. The van der Waals surface area contributed by atoms with Gasteiger partial charge in [0.1, 0.15) is 0 Å². The van der Waals surface area contributed by atoms with E-state index in [1.165, 1.54) is 6.07 Å². The van der Waals surface area contributed by atoms with Crippen molar-refractivity contribution < 1.29 is 14.2 Å². The predicted octanol–water partition coefficient (Wildman–Crippen LogP) is 2.66. The van der Waals surface area contributed by atoms with Crippen LogP contribution in [-0.4, -0.2) is 23.2 Å². The third-order valence-corrected chi connectivity index (χ3v) is 4.19. The Labute approximate surface area is 120 Å². The van der Waals surface area contributed by atoms with E-state index < -0.39 is 23.2 Å². The summed E-state index contributed by atoms with van der Waals surface area (Å²) >= 11 is 3.32. The van der Waals surface area contributed by atoms with Crippen LogP contribution in [0.3, 0.4) is 0 Å². The Morgan fingerprint density at radius 1 is 1.21 bits per heavy atom. The number of rotatable bonds is 2. The smallest absolute Gasteiger partial charge is 0.399 e. The summed E-state index contributed by atoms with van der Waals surface area (Å²) < 4.78 is 12.4. The average molecular weight is 328 g/mol. The fraction of sp³-hybridized carbons (Fsp3) is 0.500. The molecule has 0 spiro atoms. The van der Waals surface area contributed by atoms with E-state index in [2.05, 4.69) is 15.9 Å². The fourth-order valence-electron chi connectivity index (χ4n) is 1.85. The highest BCUT2D eigenvalue weighted by Gasteiger charge is 2.53. The number of nitro groups is 1. The van der Waals surface area contributed by atoms with Crippen molar-refractivity contribution in [3.63, 3.8) is 0 Å². The van der Waals surface area contributed by atoms with Gasteiger partial charge in [-0.3, -0.25) is 10.1 Å². The molecule has 19 heavy (non-hydrogen) atoms. The SMILES string of the molecule is CC1(C)OB(c2cc(Br)ccc2[N+](=O)[O-])OC1(C)C. The van der Waals surface area contributed by atoms with Gasteiger partial charge in [-0.1, -0.05) is 15.9 Å². The second-order valence-corrected chi connectivity index (χ2v) is 6.46. The molecule has 0 radical (unpaired) electrons. The predicted molar refractivity (Wildman–Crippen MR) is 76.5 cm³/mol. The van der Waals surface area contributed by atoms with Crippen molar-refractivity contribution in [3.05, 3.63) is 32.8 Å². The molecule has 0 bridgehead atoms. The molecule has 1 aromatic carbocycles. The zero-order valence-electron chi connectivity index (χ0n) is 11.3. The highest BCUT2D eigenvalue weighted by molar-refractivity contribution is 9.10. The van der Waals surface area contributed by atoms with Crippen LogP contribution in [0.1, 0.15) is 27.7 Å². The van der Waals surface area contributed by atoms with E-state index in [1.54, 1.807) is 12.1 Å². The van der Waals surface area contributed by atoms with Crippen LogP contribution in [0, 0.1) is 10.1 Å². The molecule has 1 saturated heterocycles. The number of nitro benzene ring substituents is 1. The van der Waals surface area contributed by atoms with Gasteiger partial charge in [0.05, 0.1) is 21.6 Å². The first-order valence-corrected chi connectivity index (χ1v) is 6.73. The van der Waals surface area contributed by atoms with Crippen molar-refractivity contribution >= 4 is 34.2 Å². The summed E-state index contributed by atoms with van der Waals surface area (Å²) in [4.78, 5) is 10.7. The standard InChI is InChI=1S/C12H15BBrNO4/c1-11(2)12(3,4)19-13(18-11)9-7-8(14)5-6-10(9)15(16)17/h5-7H,1-4H3. The molecule has 0 aliphatic carbocycles. The summed E-state index contributed by atoms with van der Waals surface area (Å²) in [6.45, 7) is 7.65. The van der Waals surface area contributed by atoms with Crippen molar-refractivity contribution in [3.8, 4) is 0 Å². The van der Waals surface area contributed by atoms with Crippen LogP contribution in [-0.2, 0) is 9.31 Å². The van der Waals surface area contributed by atoms with Gasteiger partial charge in [-0.05, 0) is 39.8 Å². The third-order valence-electron chi connectivity index (χ3n) is 3.69. The van der Waals surface area contributed by atoms with Crippen molar-refractivity contribution in [1.82, 2.24) is 0 Å². The summed E-state index contributed by atoms with van der Waals surface area (Å²) in [6, 6.07) is 4.75. The van der Waals surface area contributed by atoms with E-state index >= 15 is 0 Å². The van der Waals surface area contributed by atoms with E-state index in [0.717, 1.165) is 4.47 Å². The first kappa shape index (κ1) is 14.5. The lowest BCUT2D eigenvalue weighted by Gasteiger charge is -2.32. The number of halogens is 1. The second kappa shape index (κ2) is 4.57. The Hall–Kier alpha value is -0.915. The monoisotopic (exact) mass is 327 g/mol. The maximum atomic E-state index is 11.1. The van der Waals surface area contributed by atoms with Gasteiger partial charge in [0.15, 0.2) is 0 Å². The van der Waals surface area contributed by atoms with Gasteiger partial charge < -0.3 is 9.31 Å². The molecule has 7 heteroatoms. The zero-order chi connectivity index (χ0) is 14.4. The summed E-state index contributed by atoms with van der Waals surface area (Å²) in [5, 5.41) is 11.1. The van der Waals surface area contributed by atoms with Crippen LogP contribution in [0.4, 0.5) is 5.69 Å². The molecule has 0 saturated carbocycles. The van der Waals surface area contributed by atoms with Crippen LogP contribution >= 0.6 is 15.9 Å². The van der Waals surface area contributed by atoms with Gasteiger partial charge in [0.2, 0.25) is 0 Å². The number of hydrogen-bond acceptors (Lipinski definition) is 4. The Bertz CT molecular complexity index is 516. The van der Waals surface area contributed by atoms with Gasteiger partial charge >= 0.3 is 7.12 Å². The van der Waals surface area contributed by atoms with Crippen LogP contribution in [0.2, 0.25) is 0 Å². The number of nitrogens with zero attached hydrogens (tertiary/aromatic N) is 1. The van der Waals surface area contributed by atoms with Gasteiger partial charge in [-0.15, -0.1) is 0 Å². The quantitative estimate of drug-likeness (QED) is 0.476. The van der Waals surface area contributed by atoms with Crippen LogP contribution in [0.5, 0.6) is 0 Å². The van der Waals surface area contributed by atoms with E-state index in [-0.39, 0.29) is 5.69 Å². The highest BCUT2D eigenvalue weighted by Crippen LogP contribution is 2.37. The van der Waals surface area contributed by atoms with Crippen molar-refractivity contribution in [2.24, 2.45) is 0 Å². The molecule has 1 heterocycles. The number of benzene rings is 1. The third kappa shape index (κ3) is 2.54. The topological polar surface area (TPSA) is 61.6 Å². The summed E-state index contributed by atoms with van der Waals surface area (Å²) in [7, 11) is -0.733. The molecule has 0 aromatic heterocycles. The van der Waals surface area contributed by atoms with Crippen molar-refractivity contribution in [2.75, 3.05) is 0 Å². The molecule has 0 amide bonds. The molecule has 1 fully saturated rings. The molecular weight excluding hydrogens is 313 g/mol. The summed E-state index contributed by atoms with van der Waals surface area (Å²) in [5.41, 5.74) is -0.610. The lowest BCUT2D eigenvalue weighted by Crippen LogP contribution is -2.41. The van der Waals surface area contributed by atoms with Crippen LogP contribution in [0.15, 0.2) is 22.7 Å². The molecule has 2 rings (SSSR count). The maximum Gasteiger partial charge on any atom is 0.501 e. The number of hydrogen-bond donors (Lipinski definition) is 0. The summed E-state index contributed by atoms with van der Waals surface area (Å²) in [5.74, 6) is 0. The zero-order valence-corrected chi connectivity index (χ0v) is 12.9. The largest absolute Gasteiger partial charge is 0.501 e. The first-order valence-electron chi connectivity index (χ1n) is 5.93. The highest BCUT2D eigenvalue weighted by atomic mass is 79.9. The molecule has 102 valence electrons. The van der Waals surface area contributed by atoms with Crippen LogP contribution < -0.4 is 5.46 Å². The van der Waals surface area contributed by atoms with E-state index in [1.807, 2.05) is 27.7 Å².